The van der Waals surface area contributed by atoms with Crippen molar-refractivity contribution in [2.45, 2.75) is 24.4 Å². The third-order valence-electron chi connectivity index (χ3n) is 6.29. The molecular formula is C26H25NO3. The molecule has 0 aromatic heterocycles. The molecule has 1 heterocycles. The molecular weight excluding hydrogens is 374 g/mol. The number of β-amino-alcohol motifs (C(OH)–C–C–N with tert-alkyl or cyclic N) is 1. The number of benzene rings is 3. The van der Waals surface area contributed by atoms with Crippen LogP contribution >= 0.6 is 0 Å². The molecule has 1 N–H and O–H groups in total. The molecule has 1 aliphatic carbocycles. The maximum atomic E-state index is 12.6. The number of carbonyl (C=O) groups excluding carboxylic acids is 1. The topological polar surface area (TPSA) is 49.8 Å². The van der Waals surface area contributed by atoms with Gasteiger partial charge in [0.2, 0.25) is 0 Å². The number of amides is 1. The third kappa shape index (κ3) is 3.48. The van der Waals surface area contributed by atoms with E-state index in [9.17, 15) is 9.90 Å². The Kier molecular flexibility index (Phi) is 4.80. The number of aliphatic hydroxyl groups is 1. The van der Waals surface area contributed by atoms with Crippen LogP contribution in [0.3, 0.4) is 0 Å². The van der Waals surface area contributed by atoms with Crippen molar-refractivity contribution in [3.63, 3.8) is 0 Å². The standard InChI is InChI=1S/C26H25NO3/c28-25(27-17-26(29,18-27)15-14-19-8-2-1-3-9-19)30-16-24-22-12-6-4-10-20(22)21-11-5-7-13-23(21)24/h1-13,24,29H,14-18H2. The van der Waals surface area contributed by atoms with Crippen LogP contribution in [0.4, 0.5) is 4.79 Å². The molecule has 0 bridgehead atoms. The molecule has 30 heavy (non-hydrogen) atoms. The second-order valence-corrected chi connectivity index (χ2v) is 8.37. The van der Waals surface area contributed by atoms with E-state index in [0.29, 0.717) is 26.1 Å². The summed E-state index contributed by atoms with van der Waals surface area (Å²) in [5, 5.41) is 10.7. The smallest absolute Gasteiger partial charge is 0.409 e. The highest BCUT2D eigenvalue weighted by Gasteiger charge is 2.44. The summed E-state index contributed by atoms with van der Waals surface area (Å²) in [6, 6.07) is 26.7. The van der Waals surface area contributed by atoms with Crippen LogP contribution < -0.4 is 0 Å². The molecule has 4 nitrogen and oxygen atoms in total. The average Bonchev–Trinajstić information content (AvgIpc) is 3.09. The Morgan fingerprint density at radius 2 is 1.47 bits per heavy atom. The molecule has 3 aromatic carbocycles. The molecule has 1 fully saturated rings. The van der Waals surface area contributed by atoms with Crippen LogP contribution in [0.25, 0.3) is 11.1 Å². The molecule has 0 spiro atoms. The molecule has 1 aliphatic heterocycles. The summed E-state index contributed by atoms with van der Waals surface area (Å²) in [6.07, 6.45) is 1.10. The van der Waals surface area contributed by atoms with Gasteiger partial charge in [0.15, 0.2) is 0 Å². The van der Waals surface area contributed by atoms with Crippen LogP contribution in [0.15, 0.2) is 78.9 Å². The summed E-state index contributed by atoms with van der Waals surface area (Å²) in [4.78, 5) is 14.2. The van der Waals surface area contributed by atoms with Gasteiger partial charge in [-0.05, 0) is 40.7 Å². The Labute approximate surface area is 176 Å². The molecule has 5 rings (SSSR count). The number of ether oxygens (including phenoxy) is 1. The first-order chi connectivity index (χ1) is 14.6. The van der Waals surface area contributed by atoms with Crippen molar-refractivity contribution in [3.05, 3.63) is 95.6 Å². The van der Waals surface area contributed by atoms with Crippen LogP contribution in [0, 0.1) is 0 Å². The van der Waals surface area contributed by atoms with Crippen molar-refractivity contribution in [2.24, 2.45) is 0 Å². The Morgan fingerprint density at radius 1 is 0.900 bits per heavy atom. The van der Waals surface area contributed by atoms with Gasteiger partial charge in [-0.1, -0.05) is 78.9 Å². The Hall–Kier alpha value is -3.11. The molecule has 1 saturated heterocycles. The van der Waals surface area contributed by atoms with Gasteiger partial charge in [-0.2, -0.15) is 0 Å². The molecule has 0 unspecified atom stereocenters. The van der Waals surface area contributed by atoms with E-state index in [1.165, 1.54) is 27.8 Å². The Morgan fingerprint density at radius 3 is 2.10 bits per heavy atom. The van der Waals surface area contributed by atoms with Gasteiger partial charge in [0.05, 0.1) is 13.1 Å². The first kappa shape index (κ1) is 18.9. The van der Waals surface area contributed by atoms with E-state index >= 15 is 0 Å². The van der Waals surface area contributed by atoms with Crippen molar-refractivity contribution >= 4 is 6.09 Å². The number of rotatable bonds is 5. The minimum atomic E-state index is -0.818. The summed E-state index contributed by atoms with van der Waals surface area (Å²) < 4.78 is 5.68. The molecule has 3 aromatic rings. The van der Waals surface area contributed by atoms with Crippen molar-refractivity contribution in [1.29, 1.82) is 0 Å². The fourth-order valence-electron chi connectivity index (χ4n) is 4.66. The maximum absolute atomic E-state index is 12.6. The number of nitrogens with zero attached hydrogens (tertiary/aromatic N) is 1. The fraction of sp³-hybridized carbons (Fsp3) is 0.269. The third-order valence-corrected chi connectivity index (χ3v) is 6.29. The summed E-state index contributed by atoms with van der Waals surface area (Å²) in [7, 11) is 0. The summed E-state index contributed by atoms with van der Waals surface area (Å²) >= 11 is 0. The number of aryl methyl sites for hydroxylation is 1. The average molecular weight is 399 g/mol. The van der Waals surface area contributed by atoms with Crippen LogP contribution in [0.2, 0.25) is 0 Å². The molecule has 152 valence electrons. The van der Waals surface area contributed by atoms with Crippen LogP contribution in [0.5, 0.6) is 0 Å². The molecule has 0 radical (unpaired) electrons. The monoisotopic (exact) mass is 399 g/mol. The summed E-state index contributed by atoms with van der Waals surface area (Å²) in [5.41, 5.74) is 5.22. The van der Waals surface area contributed by atoms with E-state index in [4.69, 9.17) is 4.74 Å². The lowest BCUT2D eigenvalue weighted by Gasteiger charge is -2.45. The minimum Gasteiger partial charge on any atom is -0.448 e. The van der Waals surface area contributed by atoms with Gasteiger partial charge < -0.3 is 14.7 Å². The highest BCUT2D eigenvalue weighted by Crippen LogP contribution is 2.44. The zero-order valence-corrected chi connectivity index (χ0v) is 16.8. The molecule has 2 aliphatic rings. The van der Waals surface area contributed by atoms with Gasteiger partial charge in [0.25, 0.3) is 0 Å². The van der Waals surface area contributed by atoms with E-state index in [1.54, 1.807) is 4.90 Å². The normalized spacial score (nSPS) is 16.5. The van der Waals surface area contributed by atoms with Gasteiger partial charge in [-0.25, -0.2) is 4.79 Å². The predicted molar refractivity (Wildman–Crippen MR) is 116 cm³/mol. The van der Waals surface area contributed by atoms with Crippen molar-refractivity contribution in [2.75, 3.05) is 19.7 Å². The van der Waals surface area contributed by atoms with Gasteiger partial charge in [0.1, 0.15) is 12.2 Å². The van der Waals surface area contributed by atoms with Crippen molar-refractivity contribution in [1.82, 2.24) is 4.90 Å². The molecule has 0 atom stereocenters. The first-order valence-electron chi connectivity index (χ1n) is 10.5. The zero-order chi connectivity index (χ0) is 20.6. The minimum absolute atomic E-state index is 0.0552. The largest absolute Gasteiger partial charge is 0.448 e. The zero-order valence-electron chi connectivity index (χ0n) is 16.8. The highest BCUT2D eigenvalue weighted by atomic mass is 16.6. The predicted octanol–water partition coefficient (Wildman–Crippen LogP) is 4.62. The van der Waals surface area contributed by atoms with E-state index in [-0.39, 0.29) is 12.0 Å². The fourth-order valence-corrected chi connectivity index (χ4v) is 4.66. The van der Waals surface area contributed by atoms with Crippen LogP contribution in [-0.2, 0) is 11.2 Å². The molecule has 0 saturated carbocycles. The van der Waals surface area contributed by atoms with Crippen LogP contribution in [0.1, 0.15) is 29.0 Å². The SMILES string of the molecule is O=C(OCC1c2ccccc2-c2ccccc21)N1CC(O)(CCc2ccccc2)C1. The molecule has 4 heteroatoms. The van der Waals surface area contributed by atoms with Gasteiger partial charge >= 0.3 is 6.09 Å². The summed E-state index contributed by atoms with van der Waals surface area (Å²) in [6.45, 7) is 0.971. The van der Waals surface area contributed by atoms with E-state index in [2.05, 4.69) is 36.4 Å². The Bertz CT molecular complexity index is 1010. The quantitative estimate of drug-likeness (QED) is 0.681. The van der Waals surface area contributed by atoms with Crippen molar-refractivity contribution in [3.8, 4) is 11.1 Å². The lowest BCUT2D eigenvalue weighted by molar-refractivity contribution is -0.0931. The summed E-state index contributed by atoms with van der Waals surface area (Å²) in [5.74, 6) is 0.0552. The molecule has 1 amide bonds. The lowest BCUT2D eigenvalue weighted by atomic mass is 9.88. The second kappa shape index (κ2) is 7.62. The van der Waals surface area contributed by atoms with E-state index in [0.717, 1.165) is 6.42 Å². The van der Waals surface area contributed by atoms with Gasteiger partial charge in [-0.15, -0.1) is 0 Å². The number of hydrogen-bond donors (Lipinski definition) is 1. The number of likely N-dealkylation sites (tertiary alicyclic amines) is 1. The van der Waals surface area contributed by atoms with Gasteiger partial charge in [0, 0.05) is 5.92 Å². The second-order valence-electron chi connectivity index (χ2n) is 8.37. The Balaban J connectivity index is 1.18. The first-order valence-corrected chi connectivity index (χ1v) is 10.5. The number of hydrogen-bond acceptors (Lipinski definition) is 3. The van der Waals surface area contributed by atoms with Crippen LogP contribution in [-0.4, -0.2) is 41.4 Å². The van der Waals surface area contributed by atoms with E-state index < -0.39 is 5.60 Å². The number of carbonyl (C=O) groups is 1. The number of fused-ring (bicyclic) bond motifs is 3. The van der Waals surface area contributed by atoms with E-state index in [1.807, 2.05) is 42.5 Å². The highest BCUT2D eigenvalue weighted by molar-refractivity contribution is 5.79. The maximum Gasteiger partial charge on any atom is 0.409 e. The van der Waals surface area contributed by atoms with Crippen molar-refractivity contribution < 1.29 is 14.6 Å². The lowest BCUT2D eigenvalue weighted by Crippen LogP contribution is -2.63. The van der Waals surface area contributed by atoms with Gasteiger partial charge in [-0.3, -0.25) is 0 Å².